The van der Waals surface area contributed by atoms with Crippen molar-refractivity contribution in [2.75, 3.05) is 27.4 Å². The first-order chi connectivity index (χ1) is 12.1. The number of nitrogens with zero attached hydrogens (tertiary/aromatic N) is 4. The highest BCUT2D eigenvalue weighted by atomic mass is 16.7. The van der Waals surface area contributed by atoms with E-state index in [-0.39, 0.29) is 18.7 Å². The summed E-state index contributed by atoms with van der Waals surface area (Å²) in [4.78, 5) is 16.2. The van der Waals surface area contributed by atoms with E-state index in [0.29, 0.717) is 6.42 Å². The highest BCUT2D eigenvalue weighted by Gasteiger charge is 2.28. The maximum atomic E-state index is 12.2. The van der Waals surface area contributed by atoms with Crippen LogP contribution in [-0.4, -0.2) is 52.9 Å². The first-order valence-corrected chi connectivity index (χ1v) is 8.43. The van der Waals surface area contributed by atoms with Crippen molar-refractivity contribution in [3.63, 3.8) is 0 Å². The van der Waals surface area contributed by atoms with Gasteiger partial charge in [-0.3, -0.25) is 14.4 Å². The molecule has 0 N–H and O–H groups in total. The number of hydrogen-bond acceptors (Lipinski definition) is 5. The number of amides is 1. The fraction of sp³-hybridized carbons (Fsp3) is 0.444. The molecule has 0 radical (unpaired) electrons. The van der Waals surface area contributed by atoms with Crippen LogP contribution in [-0.2, 0) is 17.9 Å². The molecule has 0 bridgehead atoms. The second-order valence-corrected chi connectivity index (χ2v) is 6.77. The summed E-state index contributed by atoms with van der Waals surface area (Å²) in [6.45, 7) is 2.70. The Bertz CT molecular complexity index is 786. The molecule has 2 aliphatic rings. The Morgan fingerprint density at radius 2 is 2.12 bits per heavy atom. The molecule has 3 heterocycles. The molecule has 1 amide bonds. The van der Waals surface area contributed by atoms with Crippen molar-refractivity contribution < 1.29 is 14.3 Å². The van der Waals surface area contributed by atoms with Crippen LogP contribution in [0.1, 0.15) is 23.7 Å². The normalized spacial score (nSPS) is 18.9. The molecule has 1 aromatic carbocycles. The van der Waals surface area contributed by atoms with Crippen molar-refractivity contribution in [2.24, 2.45) is 0 Å². The zero-order chi connectivity index (χ0) is 17.4. The Kier molecular flexibility index (Phi) is 4.09. The third-order valence-electron chi connectivity index (χ3n) is 4.70. The van der Waals surface area contributed by atoms with Gasteiger partial charge in [-0.2, -0.15) is 5.10 Å². The van der Waals surface area contributed by atoms with Gasteiger partial charge in [0.2, 0.25) is 12.7 Å². The molecule has 0 saturated carbocycles. The Morgan fingerprint density at radius 1 is 1.28 bits per heavy atom. The van der Waals surface area contributed by atoms with E-state index in [0.717, 1.165) is 36.8 Å². The van der Waals surface area contributed by atoms with Crippen LogP contribution in [0.4, 0.5) is 0 Å². The maximum Gasteiger partial charge on any atom is 0.231 e. The van der Waals surface area contributed by atoms with Crippen molar-refractivity contribution >= 4 is 5.91 Å². The van der Waals surface area contributed by atoms with Crippen LogP contribution < -0.4 is 9.47 Å². The third-order valence-corrected chi connectivity index (χ3v) is 4.70. The van der Waals surface area contributed by atoms with Crippen molar-refractivity contribution in [1.29, 1.82) is 0 Å². The van der Waals surface area contributed by atoms with Crippen LogP contribution in [0, 0.1) is 0 Å². The molecule has 4 rings (SSSR count). The summed E-state index contributed by atoms with van der Waals surface area (Å²) in [5.74, 6) is 1.73. The summed E-state index contributed by atoms with van der Waals surface area (Å²) in [5.41, 5.74) is 2.32. The largest absolute Gasteiger partial charge is 0.454 e. The summed E-state index contributed by atoms with van der Waals surface area (Å²) in [6, 6.07) is 8.15. The van der Waals surface area contributed by atoms with Gasteiger partial charge in [-0.25, -0.2) is 0 Å². The number of carbonyl (C=O) groups is 1. The van der Waals surface area contributed by atoms with Gasteiger partial charge in [0.05, 0.1) is 18.2 Å². The topological polar surface area (TPSA) is 59.8 Å². The summed E-state index contributed by atoms with van der Waals surface area (Å²) >= 11 is 0. The molecule has 132 valence electrons. The quantitative estimate of drug-likeness (QED) is 0.845. The fourth-order valence-electron chi connectivity index (χ4n) is 3.42. The first kappa shape index (κ1) is 16.0. The average molecular weight is 342 g/mol. The van der Waals surface area contributed by atoms with Gasteiger partial charge in [0.1, 0.15) is 0 Å². The number of ether oxygens (including phenoxy) is 2. The van der Waals surface area contributed by atoms with Gasteiger partial charge < -0.3 is 14.4 Å². The average Bonchev–Trinajstić information content (AvgIpc) is 3.22. The molecule has 7 heteroatoms. The lowest BCUT2D eigenvalue weighted by Gasteiger charge is -2.34. The molecule has 0 spiro atoms. The number of fused-ring (bicyclic) bond motifs is 2. The Morgan fingerprint density at radius 3 is 2.96 bits per heavy atom. The smallest absolute Gasteiger partial charge is 0.231 e. The summed E-state index contributed by atoms with van der Waals surface area (Å²) in [6.07, 6.45) is 2.27. The van der Waals surface area contributed by atoms with Crippen LogP contribution in [0.2, 0.25) is 0 Å². The Labute approximate surface area is 146 Å². The molecule has 2 aromatic rings. The van der Waals surface area contributed by atoms with Crippen LogP contribution in [0.15, 0.2) is 30.5 Å². The van der Waals surface area contributed by atoms with E-state index in [4.69, 9.17) is 9.47 Å². The number of benzene rings is 1. The summed E-state index contributed by atoms with van der Waals surface area (Å²) in [7, 11) is 3.58. The van der Waals surface area contributed by atoms with E-state index >= 15 is 0 Å². The molecule has 25 heavy (non-hydrogen) atoms. The van der Waals surface area contributed by atoms with E-state index in [1.54, 1.807) is 19.0 Å². The second-order valence-electron chi connectivity index (χ2n) is 6.77. The molecule has 0 saturated heterocycles. The molecule has 0 aliphatic carbocycles. The molecular formula is C18H22N4O3. The lowest BCUT2D eigenvalue weighted by Crippen LogP contribution is -2.39. The minimum absolute atomic E-state index is 0.0580. The van der Waals surface area contributed by atoms with Gasteiger partial charge in [-0.05, 0) is 23.8 Å². The van der Waals surface area contributed by atoms with Crippen LogP contribution >= 0.6 is 0 Å². The van der Waals surface area contributed by atoms with E-state index in [1.807, 2.05) is 29.1 Å². The number of hydrogen-bond donors (Lipinski definition) is 0. The predicted octanol–water partition coefficient (Wildman–Crippen LogP) is 1.65. The van der Waals surface area contributed by atoms with Crippen LogP contribution in [0.3, 0.4) is 0 Å². The van der Waals surface area contributed by atoms with Gasteiger partial charge in [-0.1, -0.05) is 6.07 Å². The number of rotatable bonds is 4. The van der Waals surface area contributed by atoms with Gasteiger partial charge >= 0.3 is 0 Å². The lowest BCUT2D eigenvalue weighted by molar-refractivity contribution is -0.129. The van der Waals surface area contributed by atoms with Crippen LogP contribution in [0.25, 0.3) is 0 Å². The van der Waals surface area contributed by atoms with E-state index in [1.165, 1.54) is 5.56 Å². The molecule has 7 nitrogen and oxygen atoms in total. The maximum absolute atomic E-state index is 12.2. The van der Waals surface area contributed by atoms with Crippen molar-refractivity contribution in [2.45, 2.75) is 25.6 Å². The lowest BCUT2D eigenvalue weighted by atomic mass is 10.1. The first-order valence-electron chi connectivity index (χ1n) is 8.43. The van der Waals surface area contributed by atoms with Crippen molar-refractivity contribution in [1.82, 2.24) is 19.6 Å². The zero-order valence-electron chi connectivity index (χ0n) is 14.5. The van der Waals surface area contributed by atoms with Gasteiger partial charge in [0.15, 0.2) is 11.5 Å². The standard InChI is InChI=1S/C18H22N4O3/c1-20(2)18(23)8-15-11-21(10-14-5-6-19-22(14)15)9-13-3-4-16-17(7-13)25-12-24-16/h3-7,15H,8-12H2,1-2H3/t15-/m1/s1. The van der Waals surface area contributed by atoms with Gasteiger partial charge in [0.25, 0.3) is 0 Å². The van der Waals surface area contributed by atoms with Gasteiger partial charge in [0, 0.05) is 39.9 Å². The SMILES string of the molecule is CN(C)C(=O)C[C@@H]1CN(Cc2ccc3c(c2)OCO3)Cc2ccnn21. The predicted molar refractivity (Wildman–Crippen MR) is 91.3 cm³/mol. The third kappa shape index (κ3) is 3.19. The van der Waals surface area contributed by atoms with Crippen molar-refractivity contribution in [3.05, 3.63) is 41.7 Å². The van der Waals surface area contributed by atoms with E-state index in [2.05, 4.69) is 16.1 Å². The Balaban J connectivity index is 1.50. The monoisotopic (exact) mass is 342 g/mol. The van der Waals surface area contributed by atoms with E-state index in [9.17, 15) is 4.79 Å². The highest BCUT2D eigenvalue weighted by Crippen LogP contribution is 2.33. The number of carbonyl (C=O) groups excluding carboxylic acids is 1. The molecule has 0 fully saturated rings. The molecular weight excluding hydrogens is 320 g/mol. The fourth-order valence-corrected chi connectivity index (χ4v) is 3.42. The molecule has 2 aliphatic heterocycles. The van der Waals surface area contributed by atoms with Crippen molar-refractivity contribution in [3.8, 4) is 11.5 Å². The second kappa shape index (κ2) is 6.40. The Hall–Kier alpha value is -2.54. The highest BCUT2D eigenvalue weighted by molar-refractivity contribution is 5.76. The molecule has 0 unspecified atom stereocenters. The molecule has 1 atom stereocenters. The summed E-state index contributed by atoms with van der Waals surface area (Å²) < 4.78 is 12.8. The van der Waals surface area contributed by atoms with Gasteiger partial charge in [-0.15, -0.1) is 0 Å². The summed E-state index contributed by atoms with van der Waals surface area (Å²) in [5, 5.41) is 4.42. The molecule has 1 aromatic heterocycles. The minimum atomic E-state index is 0.0580. The van der Waals surface area contributed by atoms with Crippen LogP contribution in [0.5, 0.6) is 11.5 Å². The van der Waals surface area contributed by atoms with E-state index < -0.39 is 0 Å². The minimum Gasteiger partial charge on any atom is -0.454 e. The zero-order valence-corrected chi connectivity index (χ0v) is 14.5. The number of aromatic nitrogens is 2.